The minimum Gasteiger partial charge on any atom is -0.370 e. The maximum Gasteiger partial charge on any atom is 0.251 e. The van der Waals surface area contributed by atoms with Gasteiger partial charge >= 0.3 is 0 Å². The molecule has 0 bridgehead atoms. The molecule has 218 valence electrons. The molecule has 4 aromatic rings. The number of nitrogens with zero attached hydrogens (tertiary/aromatic N) is 3. The van der Waals surface area contributed by atoms with Crippen LogP contribution in [0.4, 0.5) is 0 Å². The van der Waals surface area contributed by atoms with Gasteiger partial charge in [-0.3, -0.25) is 14.6 Å². The molecular weight excluding hydrogens is 546 g/mol. The highest BCUT2D eigenvalue weighted by Gasteiger charge is 2.32. The lowest BCUT2D eigenvalue weighted by Gasteiger charge is -2.29. The Morgan fingerprint density at radius 1 is 1.07 bits per heavy atom. The molecule has 3 aromatic carbocycles. The molecule has 2 heterocycles. The molecule has 5 rings (SSSR count). The van der Waals surface area contributed by atoms with Gasteiger partial charge < -0.3 is 27.0 Å². The first kappa shape index (κ1) is 29.2. The lowest BCUT2D eigenvalue weighted by atomic mass is 9.90. The number of rotatable bonds is 11. The molecule has 1 aliphatic rings. The number of benzene rings is 3. The number of hydrogen-bond donors (Lipinski definition) is 4. The van der Waals surface area contributed by atoms with Crippen LogP contribution in [0.1, 0.15) is 46.7 Å². The number of guanidine groups is 1. The topological polar surface area (TPSA) is 139 Å². The molecule has 0 aliphatic carbocycles. The highest BCUT2D eigenvalue weighted by Crippen LogP contribution is 2.27. The van der Waals surface area contributed by atoms with Gasteiger partial charge in [0.1, 0.15) is 0 Å². The number of thiazole rings is 1. The van der Waals surface area contributed by atoms with Crippen molar-refractivity contribution in [2.45, 2.75) is 37.3 Å². The minimum atomic E-state index is -0.413. The molecule has 9 nitrogen and oxygen atoms in total. The molecule has 1 saturated heterocycles. The molecule has 2 atom stereocenters. The zero-order valence-corrected chi connectivity index (χ0v) is 24.3. The highest BCUT2D eigenvalue weighted by atomic mass is 32.1. The summed E-state index contributed by atoms with van der Waals surface area (Å²) in [6, 6.07) is 25.7. The van der Waals surface area contributed by atoms with E-state index < -0.39 is 6.04 Å². The average Bonchev–Trinajstić information content (AvgIpc) is 3.43. The third kappa shape index (κ3) is 7.51. The van der Waals surface area contributed by atoms with Crippen molar-refractivity contribution in [3.63, 3.8) is 0 Å². The number of carbonyl (C=O) groups is 2. The van der Waals surface area contributed by atoms with E-state index in [4.69, 9.17) is 11.5 Å². The van der Waals surface area contributed by atoms with Gasteiger partial charge in [-0.25, -0.2) is 4.98 Å². The molecule has 6 N–H and O–H groups in total. The standard InChI is InChI=1S/C32H37N7O2S/c33-32(34)35-16-7-12-28-31(41)39(20-26(22-8-3-1-4-9-22)23-10-5-2-6-11-23)17-15-25(38-28)19-36-30(40)24-13-14-27-29(18-24)42-21-37-27/h1-6,8-11,13-14,18,21,25-26,28,38H,7,12,15-17,19-20H2,(H,36,40)(H4,33,34,35). The Balaban J connectivity index is 1.31. The van der Waals surface area contributed by atoms with Crippen molar-refractivity contribution in [1.82, 2.24) is 20.5 Å². The Bertz CT molecular complexity index is 1470. The lowest BCUT2D eigenvalue weighted by molar-refractivity contribution is -0.133. The first-order valence-corrected chi connectivity index (χ1v) is 15.2. The number of nitrogens with two attached hydrogens (primary N) is 2. The summed E-state index contributed by atoms with van der Waals surface area (Å²) in [6.07, 6.45) is 1.95. The van der Waals surface area contributed by atoms with Crippen LogP contribution in [0.5, 0.6) is 0 Å². The normalized spacial score (nSPS) is 17.3. The fourth-order valence-electron chi connectivity index (χ4n) is 5.44. The van der Waals surface area contributed by atoms with Crippen molar-refractivity contribution in [2.75, 3.05) is 26.2 Å². The number of aromatic nitrogens is 1. The highest BCUT2D eigenvalue weighted by molar-refractivity contribution is 7.16. The molecule has 2 amide bonds. The number of hydrogen-bond acceptors (Lipinski definition) is 6. The average molecular weight is 584 g/mol. The summed E-state index contributed by atoms with van der Waals surface area (Å²) in [7, 11) is 0. The predicted molar refractivity (Wildman–Crippen MR) is 168 cm³/mol. The fraction of sp³-hybridized carbons (Fsp3) is 0.312. The molecule has 0 spiro atoms. The Morgan fingerprint density at radius 2 is 1.79 bits per heavy atom. The van der Waals surface area contributed by atoms with Gasteiger partial charge in [0.25, 0.3) is 5.91 Å². The molecule has 2 unspecified atom stereocenters. The van der Waals surface area contributed by atoms with Gasteiger partial charge in [0.2, 0.25) is 5.91 Å². The second-order valence-electron chi connectivity index (χ2n) is 10.6. The van der Waals surface area contributed by atoms with Gasteiger partial charge in [0, 0.05) is 43.7 Å². The maximum absolute atomic E-state index is 14.0. The molecule has 1 fully saturated rings. The third-order valence-corrected chi connectivity index (χ3v) is 8.44. The summed E-state index contributed by atoms with van der Waals surface area (Å²) in [5.74, 6) is -0.00269. The fourth-order valence-corrected chi connectivity index (χ4v) is 6.16. The molecule has 0 radical (unpaired) electrons. The lowest BCUT2D eigenvalue weighted by Crippen LogP contribution is -2.49. The van der Waals surface area contributed by atoms with Crippen molar-refractivity contribution in [2.24, 2.45) is 16.5 Å². The number of fused-ring (bicyclic) bond motifs is 1. The van der Waals surface area contributed by atoms with Crippen LogP contribution in [-0.4, -0.2) is 65.9 Å². The monoisotopic (exact) mass is 583 g/mol. The van der Waals surface area contributed by atoms with E-state index in [0.717, 1.165) is 10.2 Å². The first-order chi connectivity index (χ1) is 20.5. The number of aliphatic imine (C=N–C) groups is 1. The SMILES string of the molecule is NC(N)=NCCCC1NC(CNC(=O)c2ccc3ncsc3c2)CCN(CC(c2ccccc2)c2ccccc2)C1=O. The maximum atomic E-state index is 14.0. The molecule has 0 saturated carbocycles. The van der Waals surface area contributed by atoms with Gasteiger partial charge in [-0.2, -0.15) is 0 Å². The van der Waals surface area contributed by atoms with Crippen LogP contribution < -0.4 is 22.1 Å². The first-order valence-electron chi connectivity index (χ1n) is 14.3. The van der Waals surface area contributed by atoms with Gasteiger partial charge in [0.15, 0.2) is 5.96 Å². The molecule has 1 aromatic heterocycles. The van der Waals surface area contributed by atoms with E-state index in [-0.39, 0.29) is 29.7 Å². The van der Waals surface area contributed by atoms with E-state index in [2.05, 4.69) is 44.9 Å². The summed E-state index contributed by atoms with van der Waals surface area (Å²) in [5, 5.41) is 6.62. The smallest absolute Gasteiger partial charge is 0.251 e. The van der Waals surface area contributed by atoms with Crippen LogP contribution in [-0.2, 0) is 4.79 Å². The van der Waals surface area contributed by atoms with Crippen molar-refractivity contribution in [3.8, 4) is 0 Å². The Morgan fingerprint density at radius 3 is 2.48 bits per heavy atom. The van der Waals surface area contributed by atoms with E-state index in [9.17, 15) is 9.59 Å². The molecular formula is C32H37N7O2S. The van der Waals surface area contributed by atoms with Crippen molar-refractivity contribution < 1.29 is 9.59 Å². The van der Waals surface area contributed by atoms with E-state index in [1.807, 2.05) is 53.4 Å². The number of amides is 2. The van der Waals surface area contributed by atoms with Gasteiger partial charge in [-0.1, -0.05) is 60.7 Å². The zero-order valence-electron chi connectivity index (χ0n) is 23.5. The van der Waals surface area contributed by atoms with Crippen LogP contribution in [0.25, 0.3) is 10.2 Å². The largest absolute Gasteiger partial charge is 0.370 e. The minimum absolute atomic E-state index is 0.0385. The van der Waals surface area contributed by atoms with Crippen LogP contribution in [0.2, 0.25) is 0 Å². The molecule has 42 heavy (non-hydrogen) atoms. The van der Waals surface area contributed by atoms with Crippen LogP contribution in [0.3, 0.4) is 0 Å². The Labute approximate surface area is 250 Å². The Hall–Kier alpha value is -4.28. The summed E-state index contributed by atoms with van der Waals surface area (Å²) in [5.41, 5.74) is 16.6. The Kier molecular flexibility index (Phi) is 9.78. The van der Waals surface area contributed by atoms with E-state index in [0.29, 0.717) is 51.0 Å². The van der Waals surface area contributed by atoms with E-state index in [1.165, 1.54) is 22.5 Å². The van der Waals surface area contributed by atoms with Crippen molar-refractivity contribution in [3.05, 3.63) is 101 Å². The zero-order chi connectivity index (χ0) is 29.3. The third-order valence-electron chi connectivity index (χ3n) is 7.65. The van der Waals surface area contributed by atoms with Gasteiger partial charge in [-0.05, 0) is 48.6 Å². The molecule has 10 heteroatoms. The van der Waals surface area contributed by atoms with Crippen LogP contribution in [0, 0.1) is 0 Å². The van der Waals surface area contributed by atoms with E-state index >= 15 is 0 Å². The summed E-state index contributed by atoms with van der Waals surface area (Å²) in [6.45, 7) is 2.00. The number of carbonyl (C=O) groups excluding carboxylic acids is 2. The van der Waals surface area contributed by atoms with Gasteiger partial charge in [0.05, 0.1) is 21.8 Å². The quantitative estimate of drug-likeness (QED) is 0.121. The second kappa shape index (κ2) is 14.1. The summed E-state index contributed by atoms with van der Waals surface area (Å²) in [4.78, 5) is 37.3. The van der Waals surface area contributed by atoms with Gasteiger partial charge in [-0.15, -0.1) is 11.3 Å². The van der Waals surface area contributed by atoms with Crippen molar-refractivity contribution >= 4 is 39.3 Å². The van der Waals surface area contributed by atoms with Crippen LogP contribution >= 0.6 is 11.3 Å². The van der Waals surface area contributed by atoms with Crippen molar-refractivity contribution in [1.29, 1.82) is 0 Å². The predicted octanol–water partition coefficient (Wildman–Crippen LogP) is 3.47. The second-order valence-corrected chi connectivity index (χ2v) is 11.4. The van der Waals surface area contributed by atoms with E-state index in [1.54, 1.807) is 11.6 Å². The summed E-state index contributed by atoms with van der Waals surface area (Å²) < 4.78 is 0.976. The molecule has 1 aliphatic heterocycles. The van der Waals surface area contributed by atoms with Crippen LogP contribution in [0.15, 0.2) is 89.4 Å². The number of nitrogens with one attached hydrogen (secondary N) is 2. The summed E-state index contributed by atoms with van der Waals surface area (Å²) >= 11 is 1.51.